The molecule has 3 aromatic rings. The van der Waals surface area contributed by atoms with E-state index in [1.165, 1.54) is 0 Å². The van der Waals surface area contributed by atoms with Gasteiger partial charge < -0.3 is 19.8 Å². The third kappa shape index (κ3) is 2.08. The number of benzene rings is 1. The Labute approximate surface area is 127 Å². The molecule has 1 saturated heterocycles. The number of aliphatic hydroxyl groups is 1. The van der Waals surface area contributed by atoms with Crippen molar-refractivity contribution in [1.82, 2.24) is 15.3 Å². The van der Waals surface area contributed by atoms with E-state index < -0.39 is 6.10 Å². The van der Waals surface area contributed by atoms with Crippen LogP contribution in [-0.2, 0) is 0 Å². The first-order valence-electron chi connectivity index (χ1n) is 6.65. The monoisotopic (exact) mass is 349 g/mol. The maximum atomic E-state index is 12.2. The molecule has 1 fully saturated rings. The van der Waals surface area contributed by atoms with Crippen LogP contribution in [0.5, 0.6) is 0 Å². The summed E-state index contributed by atoms with van der Waals surface area (Å²) in [5.74, 6) is 0.534. The number of fused-ring (bicyclic) bond motifs is 3. The highest BCUT2D eigenvalue weighted by atomic mass is 79.9. The van der Waals surface area contributed by atoms with Crippen LogP contribution in [0.2, 0.25) is 0 Å². The van der Waals surface area contributed by atoms with E-state index in [1.807, 2.05) is 12.1 Å². The molecule has 21 heavy (non-hydrogen) atoms. The van der Waals surface area contributed by atoms with Gasteiger partial charge in [0.05, 0.1) is 12.1 Å². The number of aromatic nitrogens is 2. The number of hydrogen-bond acceptors (Lipinski definition) is 5. The van der Waals surface area contributed by atoms with Crippen molar-refractivity contribution in [3.05, 3.63) is 38.9 Å². The number of hydrogen-bond donors (Lipinski definition) is 3. The Kier molecular flexibility index (Phi) is 2.88. The summed E-state index contributed by atoms with van der Waals surface area (Å²) < 4.78 is 6.48. The van der Waals surface area contributed by atoms with E-state index in [1.54, 1.807) is 6.07 Å². The van der Waals surface area contributed by atoms with Crippen LogP contribution in [0.25, 0.3) is 22.1 Å². The van der Waals surface area contributed by atoms with Gasteiger partial charge in [-0.25, -0.2) is 4.98 Å². The molecule has 2 aromatic heterocycles. The average molecular weight is 350 g/mol. The fourth-order valence-electron chi connectivity index (χ4n) is 2.73. The number of furan rings is 1. The Morgan fingerprint density at radius 3 is 3.05 bits per heavy atom. The maximum Gasteiger partial charge on any atom is 0.294 e. The number of aromatic amines is 1. The molecule has 7 heteroatoms. The second kappa shape index (κ2) is 4.66. The van der Waals surface area contributed by atoms with Gasteiger partial charge in [-0.05, 0) is 24.6 Å². The molecule has 4 rings (SSSR count). The Balaban J connectivity index is 1.97. The standard InChI is InChI=1S/C14H12BrN3O3/c15-6-1-2-10-8(3-6)11-12(21-10)14(20)18-13(17-11)9-4-7(19)5-16-9/h1-3,7,9,16,19H,4-5H2,(H,17,18,20)/t7-,9+/m1/s1. The van der Waals surface area contributed by atoms with Crippen LogP contribution in [0, 0.1) is 0 Å². The number of aliphatic hydroxyl groups excluding tert-OH is 1. The van der Waals surface area contributed by atoms with Crippen LogP contribution in [0.1, 0.15) is 18.3 Å². The Bertz CT molecular complexity index is 901. The first-order chi connectivity index (χ1) is 10.1. The van der Waals surface area contributed by atoms with E-state index in [-0.39, 0.29) is 17.2 Å². The molecule has 3 N–H and O–H groups in total. The van der Waals surface area contributed by atoms with Crippen LogP contribution in [0.15, 0.2) is 31.9 Å². The zero-order chi connectivity index (χ0) is 14.6. The molecule has 1 aromatic carbocycles. The number of halogens is 1. The lowest BCUT2D eigenvalue weighted by molar-refractivity contribution is 0.193. The van der Waals surface area contributed by atoms with E-state index in [0.29, 0.717) is 29.9 Å². The second-order valence-electron chi connectivity index (χ2n) is 5.22. The molecule has 0 bridgehead atoms. The minimum atomic E-state index is -0.411. The lowest BCUT2D eigenvalue weighted by Crippen LogP contribution is -2.20. The zero-order valence-electron chi connectivity index (χ0n) is 10.9. The molecule has 6 nitrogen and oxygen atoms in total. The molecule has 0 spiro atoms. The summed E-state index contributed by atoms with van der Waals surface area (Å²) in [5, 5.41) is 13.5. The van der Waals surface area contributed by atoms with Gasteiger partial charge >= 0.3 is 0 Å². The number of β-amino-alcohol motifs (C(OH)–C–C–N with tert-alkyl or cyclic N) is 1. The molecule has 0 aliphatic carbocycles. The fraction of sp³-hybridized carbons (Fsp3) is 0.286. The lowest BCUT2D eigenvalue weighted by atomic mass is 10.2. The van der Waals surface area contributed by atoms with Crippen molar-refractivity contribution in [1.29, 1.82) is 0 Å². The molecule has 0 radical (unpaired) electrons. The Morgan fingerprint density at radius 1 is 1.43 bits per heavy atom. The summed E-state index contributed by atoms with van der Waals surface area (Å²) in [6.07, 6.45) is 0.125. The second-order valence-corrected chi connectivity index (χ2v) is 6.14. The van der Waals surface area contributed by atoms with Gasteiger partial charge in [-0.15, -0.1) is 0 Å². The minimum Gasteiger partial charge on any atom is -0.449 e. The van der Waals surface area contributed by atoms with E-state index >= 15 is 0 Å². The predicted octanol–water partition coefficient (Wildman–Crippen LogP) is 1.83. The molecular formula is C14H12BrN3O3. The van der Waals surface area contributed by atoms with E-state index in [2.05, 4.69) is 31.2 Å². The maximum absolute atomic E-state index is 12.2. The van der Waals surface area contributed by atoms with Crippen LogP contribution in [0.4, 0.5) is 0 Å². The molecule has 0 saturated carbocycles. The quantitative estimate of drug-likeness (QED) is 0.623. The first-order valence-corrected chi connectivity index (χ1v) is 7.44. The molecule has 2 atom stereocenters. The van der Waals surface area contributed by atoms with Crippen molar-refractivity contribution in [2.45, 2.75) is 18.6 Å². The van der Waals surface area contributed by atoms with Crippen molar-refractivity contribution in [2.24, 2.45) is 0 Å². The molecule has 1 aliphatic heterocycles. The molecule has 0 unspecified atom stereocenters. The number of rotatable bonds is 1. The van der Waals surface area contributed by atoms with Gasteiger partial charge in [0.25, 0.3) is 5.56 Å². The van der Waals surface area contributed by atoms with Gasteiger partial charge in [0.2, 0.25) is 5.58 Å². The highest BCUT2D eigenvalue weighted by Gasteiger charge is 2.26. The molecular weight excluding hydrogens is 338 g/mol. The number of nitrogens with zero attached hydrogens (tertiary/aromatic N) is 1. The molecule has 1 aliphatic rings. The molecule has 0 amide bonds. The predicted molar refractivity (Wildman–Crippen MR) is 81.2 cm³/mol. The smallest absolute Gasteiger partial charge is 0.294 e. The third-order valence-electron chi connectivity index (χ3n) is 3.74. The van der Waals surface area contributed by atoms with Gasteiger partial charge in [0.1, 0.15) is 16.9 Å². The van der Waals surface area contributed by atoms with Crippen molar-refractivity contribution >= 4 is 38.0 Å². The summed E-state index contributed by atoms with van der Waals surface area (Å²) >= 11 is 3.41. The van der Waals surface area contributed by atoms with E-state index in [4.69, 9.17) is 4.42 Å². The highest BCUT2D eigenvalue weighted by molar-refractivity contribution is 9.10. The van der Waals surface area contributed by atoms with Gasteiger partial charge in [-0.1, -0.05) is 15.9 Å². The Hall–Kier alpha value is -1.70. The summed E-state index contributed by atoms with van der Waals surface area (Å²) in [6.45, 7) is 0.504. The van der Waals surface area contributed by atoms with Crippen molar-refractivity contribution in [3.8, 4) is 0 Å². The van der Waals surface area contributed by atoms with Crippen LogP contribution >= 0.6 is 15.9 Å². The van der Waals surface area contributed by atoms with Gasteiger partial charge in [-0.3, -0.25) is 4.79 Å². The van der Waals surface area contributed by atoms with Crippen LogP contribution in [-0.4, -0.2) is 27.7 Å². The van der Waals surface area contributed by atoms with Crippen LogP contribution in [0.3, 0.4) is 0 Å². The highest BCUT2D eigenvalue weighted by Crippen LogP contribution is 2.29. The summed E-state index contributed by atoms with van der Waals surface area (Å²) in [7, 11) is 0. The number of H-pyrrole nitrogens is 1. The number of nitrogens with one attached hydrogen (secondary N) is 2. The summed E-state index contributed by atoms with van der Waals surface area (Å²) in [5.41, 5.74) is 1.10. The van der Waals surface area contributed by atoms with E-state index in [0.717, 1.165) is 9.86 Å². The lowest BCUT2D eigenvalue weighted by Gasteiger charge is -2.08. The summed E-state index contributed by atoms with van der Waals surface area (Å²) in [6, 6.07) is 5.40. The molecule has 108 valence electrons. The fourth-order valence-corrected chi connectivity index (χ4v) is 3.09. The SMILES string of the molecule is O=c1[nH]c([C@@H]2C[C@@H](O)CN2)nc2c1oc1ccc(Br)cc12. The third-order valence-corrected chi connectivity index (χ3v) is 4.23. The largest absolute Gasteiger partial charge is 0.449 e. The Morgan fingerprint density at radius 2 is 2.29 bits per heavy atom. The van der Waals surface area contributed by atoms with Gasteiger partial charge in [0.15, 0.2) is 0 Å². The van der Waals surface area contributed by atoms with Crippen LogP contribution < -0.4 is 10.9 Å². The minimum absolute atomic E-state index is 0.144. The molecule has 3 heterocycles. The van der Waals surface area contributed by atoms with Crippen molar-refractivity contribution in [2.75, 3.05) is 6.54 Å². The zero-order valence-corrected chi connectivity index (χ0v) is 12.5. The van der Waals surface area contributed by atoms with Crippen molar-refractivity contribution < 1.29 is 9.52 Å². The summed E-state index contributed by atoms with van der Waals surface area (Å²) in [4.78, 5) is 19.5. The van der Waals surface area contributed by atoms with Gasteiger partial charge in [-0.2, -0.15) is 0 Å². The average Bonchev–Trinajstić information content (AvgIpc) is 3.03. The normalized spacial score (nSPS) is 22.4. The van der Waals surface area contributed by atoms with Gasteiger partial charge in [0, 0.05) is 16.4 Å². The topological polar surface area (TPSA) is 91.2 Å². The first kappa shape index (κ1) is 13.0. The van der Waals surface area contributed by atoms with Crippen molar-refractivity contribution in [3.63, 3.8) is 0 Å². The van der Waals surface area contributed by atoms with E-state index in [9.17, 15) is 9.90 Å².